The van der Waals surface area contributed by atoms with Crippen LogP contribution in [0.25, 0.3) is 11.3 Å². The van der Waals surface area contributed by atoms with Gasteiger partial charge in [0.2, 0.25) is 5.95 Å². The Bertz CT molecular complexity index is 852. The quantitative estimate of drug-likeness (QED) is 0.619. The Kier molecular flexibility index (Phi) is 5.98. The minimum absolute atomic E-state index is 0.244. The summed E-state index contributed by atoms with van der Waals surface area (Å²) >= 11 is 0. The first kappa shape index (κ1) is 20.3. The maximum absolute atomic E-state index is 12.5. The van der Waals surface area contributed by atoms with Crippen molar-refractivity contribution in [3.05, 3.63) is 35.5 Å². The fraction of sp³-hybridized carbons (Fsp3) is 0.500. The molecule has 6 nitrogen and oxygen atoms in total. The summed E-state index contributed by atoms with van der Waals surface area (Å²) in [6.45, 7) is 9.53. The molecule has 1 saturated heterocycles. The zero-order chi connectivity index (χ0) is 20.3. The molecule has 1 aliphatic heterocycles. The van der Waals surface area contributed by atoms with Crippen LogP contribution in [0.4, 0.5) is 5.95 Å². The van der Waals surface area contributed by atoms with Crippen molar-refractivity contribution in [2.24, 2.45) is 5.41 Å². The molecule has 2 aromatic rings. The third kappa shape index (κ3) is 4.68. The number of aryl methyl sites for hydroxylation is 1. The number of carbonyl (C=O) groups excluding carboxylic acids is 1. The van der Waals surface area contributed by atoms with Crippen molar-refractivity contribution in [1.29, 1.82) is 0 Å². The van der Waals surface area contributed by atoms with Gasteiger partial charge in [-0.25, -0.2) is 9.97 Å². The van der Waals surface area contributed by atoms with Gasteiger partial charge < -0.3 is 15.8 Å². The number of aromatic nitrogens is 2. The first-order chi connectivity index (χ1) is 13.3. The van der Waals surface area contributed by atoms with Gasteiger partial charge in [-0.2, -0.15) is 0 Å². The van der Waals surface area contributed by atoms with Crippen LogP contribution >= 0.6 is 0 Å². The van der Waals surface area contributed by atoms with E-state index in [1.807, 2.05) is 45.0 Å². The molecule has 0 saturated carbocycles. The predicted octanol–water partition coefficient (Wildman–Crippen LogP) is 3.71. The molecular formula is C22H30N4O2. The molecule has 2 heterocycles. The lowest BCUT2D eigenvalue weighted by Gasteiger charge is -2.23. The maximum Gasteiger partial charge on any atom is 0.316 e. The van der Waals surface area contributed by atoms with E-state index in [9.17, 15) is 4.79 Å². The Morgan fingerprint density at radius 1 is 1.29 bits per heavy atom. The molecule has 1 aliphatic rings. The lowest BCUT2D eigenvalue weighted by molar-refractivity contribution is -0.142. The molecule has 3 rings (SSSR count). The minimum atomic E-state index is -0.593. The van der Waals surface area contributed by atoms with E-state index < -0.39 is 5.41 Å². The molecule has 1 unspecified atom stereocenters. The number of nitrogens with zero attached hydrogens (tertiary/aromatic N) is 2. The number of rotatable bonds is 4. The number of esters is 1. The first-order valence-corrected chi connectivity index (χ1v) is 9.98. The summed E-state index contributed by atoms with van der Waals surface area (Å²) in [6.07, 6.45) is 3.06. The van der Waals surface area contributed by atoms with Gasteiger partial charge in [-0.3, -0.25) is 4.79 Å². The molecule has 0 bridgehead atoms. The smallest absolute Gasteiger partial charge is 0.316 e. The molecule has 0 amide bonds. The molecule has 1 atom stereocenters. The van der Waals surface area contributed by atoms with E-state index in [1.165, 1.54) is 0 Å². The van der Waals surface area contributed by atoms with Gasteiger partial charge in [-0.05, 0) is 70.3 Å². The van der Waals surface area contributed by atoms with Crippen molar-refractivity contribution in [3.8, 4) is 17.0 Å². The number of nitrogen functional groups attached to an aromatic ring is 1. The third-order valence-electron chi connectivity index (χ3n) is 5.02. The van der Waals surface area contributed by atoms with Crippen molar-refractivity contribution in [2.45, 2.75) is 52.9 Å². The Labute approximate surface area is 166 Å². The van der Waals surface area contributed by atoms with Crippen LogP contribution in [0.1, 0.15) is 57.7 Å². The summed E-state index contributed by atoms with van der Waals surface area (Å²) in [4.78, 5) is 21.4. The molecule has 28 heavy (non-hydrogen) atoms. The largest absolute Gasteiger partial charge is 0.425 e. The van der Waals surface area contributed by atoms with Gasteiger partial charge in [0.25, 0.3) is 0 Å². The Hall–Kier alpha value is -2.47. The van der Waals surface area contributed by atoms with Crippen molar-refractivity contribution >= 4 is 11.9 Å². The molecular weight excluding hydrogens is 352 g/mol. The van der Waals surface area contributed by atoms with Gasteiger partial charge in [-0.15, -0.1) is 0 Å². The van der Waals surface area contributed by atoms with Gasteiger partial charge in [0.05, 0.1) is 16.8 Å². The van der Waals surface area contributed by atoms with Crippen LogP contribution in [0.5, 0.6) is 5.75 Å². The van der Waals surface area contributed by atoms with Crippen LogP contribution in [0, 0.1) is 5.41 Å². The second-order valence-electron chi connectivity index (χ2n) is 8.40. The fourth-order valence-corrected chi connectivity index (χ4v) is 3.28. The van der Waals surface area contributed by atoms with E-state index in [-0.39, 0.29) is 11.9 Å². The number of carbonyl (C=O) groups is 1. The van der Waals surface area contributed by atoms with Gasteiger partial charge in [0, 0.05) is 18.0 Å². The molecule has 1 aromatic carbocycles. The molecule has 3 N–H and O–H groups in total. The lowest BCUT2D eigenvalue weighted by atomic mass is 9.94. The average molecular weight is 383 g/mol. The van der Waals surface area contributed by atoms with Crippen LogP contribution in [0.3, 0.4) is 0 Å². The van der Waals surface area contributed by atoms with E-state index in [1.54, 1.807) is 0 Å². The number of hydrogen-bond donors (Lipinski definition) is 2. The van der Waals surface area contributed by atoms with Crippen LogP contribution < -0.4 is 15.8 Å². The Morgan fingerprint density at radius 3 is 2.71 bits per heavy atom. The highest BCUT2D eigenvalue weighted by molar-refractivity contribution is 5.81. The highest BCUT2D eigenvalue weighted by Gasteiger charge is 2.26. The molecule has 6 heteroatoms. The number of ether oxygens (including phenoxy) is 1. The Balaban J connectivity index is 2.03. The van der Waals surface area contributed by atoms with E-state index >= 15 is 0 Å². The summed E-state index contributed by atoms with van der Waals surface area (Å²) in [5.74, 6) is 0.778. The molecule has 0 spiro atoms. The standard InChI is InChI=1S/C22H30N4O2/c1-5-14-8-9-19(28-20(27)22(2,3)4)16(11-14)18-12-17(25-21(23)26-18)15-7-6-10-24-13-15/h8-9,11-12,15,24H,5-7,10,13H2,1-4H3,(H2,23,25,26). The molecule has 0 radical (unpaired) electrons. The number of anilines is 1. The molecule has 1 aromatic heterocycles. The monoisotopic (exact) mass is 382 g/mol. The molecule has 1 fully saturated rings. The number of hydrogen-bond acceptors (Lipinski definition) is 6. The zero-order valence-electron chi connectivity index (χ0n) is 17.2. The van der Waals surface area contributed by atoms with Gasteiger partial charge in [0.15, 0.2) is 0 Å². The van der Waals surface area contributed by atoms with Crippen LogP contribution in [-0.2, 0) is 11.2 Å². The second-order valence-corrected chi connectivity index (χ2v) is 8.40. The van der Waals surface area contributed by atoms with Crippen LogP contribution in [0.15, 0.2) is 24.3 Å². The van der Waals surface area contributed by atoms with Crippen molar-refractivity contribution in [1.82, 2.24) is 15.3 Å². The van der Waals surface area contributed by atoms with E-state index in [4.69, 9.17) is 10.5 Å². The summed E-state index contributed by atoms with van der Waals surface area (Å²) in [5, 5.41) is 3.41. The predicted molar refractivity (Wildman–Crippen MR) is 111 cm³/mol. The maximum atomic E-state index is 12.5. The number of benzene rings is 1. The normalized spacial score (nSPS) is 17.4. The van der Waals surface area contributed by atoms with Gasteiger partial charge >= 0.3 is 5.97 Å². The SMILES string of the molecule is CCc1ccc(OC(=O)C(C)(C)C)c(-c2cc(C3CCCNC3)nc(N)n2)c1. The number of piperidine rings is 1. The van der Waals surface area contributed by atoms with Gasteiger partial charge in [0.1, 0.15) is 5.75 Å². The minimum Gasteiger partial charge on any atom is -0.425 e. The third-order valence-corrected chi connectivity index (χ3v) is 5.02. The summed E-state index contributed by atoms with van der Waals surface area (Å²) in [5.41, 5.74) is 9.00. The van der Waals surface area contributed by atoms with Crippen LogP contribution in [-0.4, -0.2) is 29.0 Å². The summed E-state index contributed by atoms with van der Waals surface area (Å²) in [6, 6.07) is 7.83. The summed E-state index contributed by atoms with van der Waals surface area (Å²) < 4.78 is 5.74. The van der Waals surface area contributed by atoms with Gasteiger partial charge in [-0.1, -0.05) is 13.0 Å². The highest BCUT2D eigenvalue weighted by Crippen LogP contribution is 2.34. The first-order valence-electron chi connectivity index (χ1n) is 9.98. The summed E-state index contributed by atoms with van der Waals surface area (Å²) in [7, 11) is 0. The number of nitrogens with one attached hydrogen (secondary N) is 1. The zero-order valence-corrected chi connectivity index (χ0v) is 17.2. The Morgan fingerprint density at radius 2 is 2.07 bits per heavy atom. The van der Waals surface area contributed by atoms with Crippen molar-refractivity contribution < 1.29 is 9.53 Å². The molecule has 150 valence electrons. The molecule has 0 aliphatic carbocycles. The lowest BCUT2D eigenvalue weighted by Crippen LogP contribution is -2.29. The highest BCUT2D eigenvalue weighted by atomic mass is 16.5. The fourth-order valence-electron chi connectivity index (χ4n) is 3.28. The topological polar surface area (TPSA) is 90.1 Å². The second kappa shape index (κ2) is 8.27. The average Bonchev–Trinajstić information content (AvgIpc) is 2.67. The van der Waals surface area contributed by atoms with E-state index in [0.29, 0.717) is 17.4 Å². The van der Waals surface area contributed by atoms with E-state index in [2.05, 4.69) is 22.2 Å². The van der Waals surface area contributed by atoms with E-state index in [0.717, 1.165) is 49.2 Å². The van der Waals surface area contributed by atoms with Crippen molar-refractivity contribution in [2.75, 3.05) is 18.8 Å². The van der Waals surface area contributed by atoms with Crippen LogP contribution in [0.2, 0.25) is 0 Å². The van der Waals surface area contributed by atoms with Crippen molar-refractivity contribution in [3.63, 3.8) is 0 Å². The number of nitrogens with two attached hydrogens (primary N) is 1.